The lowest BCUT2D eigenvalue weighted by Gasteiger charge is -2.22. The van der Waals surface area contributed by atoms with E-state index in [0.717, 1.165) is 17.7 Å². The zero-order chi connectivity index (χ0) is 11.0. The molecule has 0 amide bonds. The first kappa shape index (κ1) is 9.85. The highest BCUT2D eigenvalue weighted by Crippen LogP contribution is 2.39. The molecule has 0 radical (unpaired) electrons. The third kappa shape index (κ3) is 1.43. The van der Waals surface area contributed by atoms with E-state index in [1.165, 1.54) is 30.2 Å². The summed E-state index contributed by atoms with van der Waals surface area (Å²) in [6, 6.07) is 6.26. The van der Waals surface area contributed by atoms with Gasteiger partial charge < -0.3 is 10.3 Å². The smallest absolute Gasteiger partial charge is 0.170 e. The van der Waals surface area contributed by atoms with Crippen LogP contribution >= 0.6 is 0 Å². The fourth-order valence-electron chi connectivity index (χ4n) is 2.37. The second-order valence-electron chi connectivity index (χ2n) is 4.53. The van der Waals surface area contributed by atoms with Crippen LogP contribution in [0.1, 0.15) is 36.4 Å². The second kappa shape index (κ2) is 3.91. The molecule has 84 valence electrons. The normalized spacial score (nSPS) is 16.6. The van der Waals surface area contributed by atoms with Gasteiger partial charge in [0.15, 0.2) is 5.58 Å². The molecular weight excluding hydrogens is 200 g/mol. The lowest BCUT2D eigenvalue weighted by molar-refractivity contribution is 0.375. The minimum absolute atomic E-state index is 0.620. The van der Waals surface area contributed by atoms with Crippen LogP contribution in [0, 0.1) is 0 Å². The van der Waals surface area contributed by atoms with Gasteiger partial charge in [-0.2, -0.15) is 0 Å². The Hall–Kier alpha value is -1.35. The Kier molecular flexibility index (Phi) is 2.40. The van der Waals surface area contributed by atoms with Crippen molar-refractivity contribution in [3.8, 4) is 0 Å². The highest BCUT2D eigenvalue weighted by atomic mass is 16.5. The van der Waals surface area contributed by atoms with Crippen LogP contribution in [0.3, 0.4) is 0 Å². The van der Waals surface area contributed by atoms with Gasteiger partial charge in [0.1, 0.15) is 0 Å². The number of benzene rings is 1. The largest absolute Gasteiger partial charge is 0.356 e. The first-order valence-corrected chi connectivity index (χ1v) is 5.97. The van der Waals surface area contributed by atoms with E-state index in [4.69, 9.17) is 10.3 Å². The summed E-state index contributed by atoms with van der Waals surface area (Å²) in [5.41, 5.74) is 8.86. The zero-order valence-electron chi connectivity index (χ0n) is 9.28. The van der Waals surface area contributed by atoms with E-state index >= 15 is 0 Å². The highest BCUT2D eigenvalue weighted by Gasteiger charge is 2.25. The van der Waals surface area contributed by atoms with Crippen molar-refractivity contribution < 1.29 is 4.52 Å². The van der Waals surface area contributed by atoms with E-state index in [1.807, 2.05) is 0 Å². The minimum atomic E-state index is 0.620. The molecule has 3 rings (SSSR count). The van der Waals surface area contributed by atoms with Gasteiger partial charge in [-0.15, -0.1) is 0 Å². The molecule has 1 heterocycles. The van der Waals surface area contributed by atoms with Gasteiger partial charge in [-0.05, 0) is 37.4 Å². The van der Waals surface area contributed by atoms with Crippen molar-refractivity contribution in [3.63, 3.8) is 0 Å². The number of fused-ring (bicyclic) bond motifs is 1. The Balaban J connectivity index is 2.08. The highest BCUT2D eigenvalue weighted by molar-refractivity contribution is 5.83. The van der Waals surface area contributed by atoms with Crippen molar-refractivity contribution in [2.45, 2.75) is 31.6 Å². The van der Waals surface area contributed by atoms with Gasteiger partial charge in [0.2, 0.25) is 0 Å². The van der Waals surface area contributed by atoms with Crippen molar-refractivity contribution in [2.75, 3.05) is 6.54 Å². The summed E-state index contributed by atoms with van der Waals surface area (Å²) in [7, 11) is 0. The van der Waals surface area contributed by atoms with E-state index in [-0.39, 0.29) is 0 Å². The molecule has 3 heteroatoms. The van der Waals surface area contributed by atoms with E-state index in [9.17, 15) is 0 Å². The molecule has 1 aliphatic carbocycles. The lowest BCUT2D eigenvalue weighted by atomic mass is 9.82. The van der Waals surface area contributed by atoms with Crippen LogP contribution in [0.5, 0.6) is 0 Å². The Morgan fingerprint density at radius 1 is 1.38 bits per heavy atom. The second-order valence-corrected chi connectivity index (χ2v) is 4.53. The number of aromatic nitrogens is 1. The Morgan fingerprint density at radius 2 is 2.25 bits per heavy atom. The Bertz CT molecular complexity index is 500. The molecule has 0 atom stereocenters. The molecular formula is C13H16N2O. The lowest BCUT2D eigenvalue weighted by Crippen LogP contribution is -2.09. The number of nitrogens with zero attached hydrogens (tertiary/aromatic N) is 1. The van der Waals surface area contributed by atoms with Crippen LogP contribution in [0.25, 0.3) is 11.0 Å². The van der Waals surface area contributed by atoms with Crippen LogP contribution in [0.4, 0.5) is 0 Å². The Morgan fingerprint density at radius 3 is 2.94 bits per heavy atom. The summed E-state index contributed by atoms with van der Waals surface area (Å²) in [4.78, 5) is 0. The van der Waals surface area contributed by atoms with Gasteiger partial charge in [0.25, 0.3) is 0 Å². The van der Waals surface area contributed by atoms with E-state index in [2.05, 4.69) is 23.4 Å². The summed E-state index contributed by atoms with van der Waals surface area (Å²) < 4.78 is 5.48. The van der Waals surface area contributed by atoms with E-state index in [0.29, 0.717) is 12.5 Å². The SMILES string of the molecule is NCCc1cccc2c(C3CCC3)noc12. The van der Waals surface area contributed by atoms with Gasteiger partial charge in [-0.1, -0.05) is 23.7 Å². The van der Waals surface area contributed by atoms with E-state index in [1.54, 1.807) is 0 Å². The molecule has 0 unspecified atom stereocenters. The number of hydrogen-bond acceptors (Lipinski definition) is 3. The van der Waals surface area contributed by atoms with Crippen LogP contribution < -0.4 is 5.73 Å². The molecule has 2 N–H and O–H groups in total. The molecule has 1 saturated carbocycles. The van der Waals surface area contributed by atoms with Crippen molar-refractivity contribution in [2.24, 2.45) is 5.73 Å². The summed E-state index contributed by atoms with van der Waals surface area (Å²) in [5.74, 6) is 0.620. The molecule has 2 aromatic rings. The quantitative estimate of drug-likeness (QED) is 0.858. The molecule has 1 aromatic carbocycles. The third-order valence-corrected chi connectivity index (χ3v) is 3.51. The maximum absolute atomic E-state index is 5.59. The standard InChI is InChI=1S/C13H16N2O/c14-8-7-10-5-2-6-11-12(9-3-1-4-9)15-16-13(10)11/h2,5-6,9H,1,3-4,7-8,14H2. The number of rotatable bonds is 3. The van der Waals surface area contributed by atoms with Crippen molar-refractivity contribution >= 4 is 11.0 Å². The molecule has 0 aliphatic heterocycles. The number of nitrogens with two attached hydrogens (primary N) is 1. The molecule has 1 aliphatic rings. The van der Waals surface area contributed by atoms with Crippen molar-refractivity contribution in [3.05, 3.63) is 29.5 Å². The van der Waals surface area contributed by atoms with Crippen molar-refractivity contribution in [1.29, 1.82) is 0 Å². The van der Waals surface area contributed by atoms with Gasteiger partial charge in [0.05, 0.1) is 5.69 Å². The summed E-state index contributed by atoms with van der Waals surface area (Å²) in [6.07, 6.45) is 4.68. The Labute approximate surface area is 94.6 Å². The average molecular weight is 216 g/mol. The van der Waals surface area contributed by atoms with Crippen LogP contribution in [0.2, 0.25) is 0 Å². The predicted octanol–water partition coefficient (Wildman–Crippen LogP) is 2.60. The maximum Gasteiger partial charge on any atom is 0.170 e. The monoisotopic (exact) mass is 216 g/mol. The van der Waals surface area contributed by atoms with Crippen LogP contribution in [-0.4, -0.2) is 11.7 Å². The molecule has 1 fully saturated rings. The molecule has 3 nitrogen and oxygen atoms in total. The molecule has 0 spiro atoms. The average Bonchev–Trinajstić information content (AvgIpc) is 2.62. The van der Waals surface area contributed by atoms with Crippen LogP contribution in [-0.2, 0) is 6.42 Å². The third-order valence-electron chi connectivity index (χ3n) is 3.51. The molecule has 0 bridgehead atoms. The summed E-state index contributed by atoms with van der Waals surface area (Å²) in [6.45, 7) is 0.651. The molecule has 1 aromatic heterocycles. The fourth-order valence-corrected chi connectivity index (χ4v) is 2.37. The summed E-state index contributed by atoms with van der Waals surface area (Å²) in [5, 5.41) is 5.43. The topological polar surface area (TPSA) is 52.0 Å². The van der Waals surface area contributed by atoms with Gasteiger partial charge in [0, 0.05) is 11.3 Å². The molecule has 0 saturated heterocycles. The first-order valence-electron chi connectivity index (χ1n) is 5.97. The van der Waals surface area contributed by atoms with Gasteiger partial charge in [-0.3, -0.25) is 0 Å². The van der Waals surface area contributed by atoms with Gasteiger partial charge in [-0.25, -0.2) is 0 Å². The van der Waals surface area contributed by atoms with Crippen molar-refractivity contribution in [1.82, 2.24) is 5.16 Å². The molecule has 16 heavy (non-hydrogen) atoms. The van der Waals surface area contributed by atoms with E-state index < -0.39 is 0 Å². The predicted molar refractivity (Wildman–Crippen MR) is 63.4 cm³/mol. The van der Waals surface area contributed by atoms with Gasteiger partial charge >= 0.3 is 0 Å². The maximum atomic E-state index is 5.59. The number of para-hydroxylation sites is 1. The fraction of sp³-hybridized carbons (Fsp3) is 0.462. The number of hydrogen-bond donors (Lipinski definition) is 1. The van der Waals surface area contributed by atoms with Crippen LogP contribution in [0.15, 0.2) is 22.7 Å². The zero-order valence-corrected chi connectivity index (χ0v) is 9.28. The first-order chi connectivity index (χ1) is 7.90. The summed E-state index contributed by atoms with van der Waals surface area (Å²) >= 11 is 0. The minimum Gasteiger partial charge on any atom is -0.356 e.